The molecule has 1 aromatic carbocycles. The van der Waals surface area contributed by atoms with Crippen molar-refractivity contribution >= 4 is 16.6 Å². The number of ether oxygens (including phenoxy) is 2. The van der Waals surface area contributed by atoms with Crippen molar-refractivity contribution in [2.24, 2.45) is 0 Å². The molecule has 104 valence electrons. The van der Waals surface area contributed by atoms with Crippen LogP contribution in [0.4, 0.5) is 5.82 Å². The van der Waals surface area contributed by atoms with E-state index in [0.29, 0.717) is 13.2 Å². The summed E-state index contributed by atoms with van der Waals surface area (Å²) in [7, 11) is 0. The van der Waals surface area contributed by atoms with E-state index in [1.54, 1.807) is 0 Å². The fraction of sp³-hybridized carbons (Fsp3) is 0.312. The zero-order chi connectivity index (χ0) is 13.9. The minimum Gasteiger partial charge on any atom is -0.486 e. The van der Waals surface area contributed by atoms with Gasteiger partial charge < -0.3 is 14.8 Å². The second kappa shape index (κ2) is 5.41. The van der Waals surface area contributed by atoms with Crippen LogP contribution in [-0.2, 0) is 0 Å². The zero-order valence-electron chi connectivity index (χ0n) is 11.8. The van der Waals surface area contributed by atoms with Crippen molar-refractivity contribution in [1.29, 1.82) is 0 Å². The van der Waals surface area contributed by atoms with Crippen molar-refractivity contribution in [3.8, 4) is 11.5 Å². The number of hydrogen-bond donors (Lipinski definition) is 1. The van der Waals surface area contributed by atoms with Gasteiger partial charge >= 0.3 is 0 Å². The Balaban J connectivity index is 1.98. The Morgan fingerprint density at radius 2 is 2.00 bits per heavy atom. The molecule has 1 aliphatic rings. The van der Waals surface area contributed by atoms with Crippen LogP contribution in [0, 0.1) is 0 Å². The molecule has 0 saturated carbocycles. The number of rotatable bonds is 3. The van der Waals surface area contributed by atoms with Crippen LogP contribution < -0.4 is 14.8 Å². The van der Waals surface area contributed by atoms with E-state index in [1.807, 2.05) is 24.4 Å². The zero-order valence-corrected chi connectivity index (χ0v) is 11.8. The number of nitrogens with zero attached hydrogens (tertiary/aromatic N) is 1. The van der Waals surface area contributed by atoms with Crippen LogP contribution in [0.15, 0.2) is 36.0 Å². The fourth-order valence-electron chi connectivity index (χ4n) is 2.20. The van der Waals surface area contributed by atoms with E-state index in [4.69, 9.17) is 9.47 Å². The molecule has 0 fully saturated rings. The lowest BCUT2D eigenvalue weighted by molar-refractivity contribution is 0.172. The van der Waals surface area contributed by atoms with Crippen LogP contribution in [0.2, 0.25) is 0 Å². The van der Waals surface area contributed by atoms with Gasteiger partial charge in [-0.1, -0.05) is 11.6 Å². The summed E-state index contributed by atoms with van der Waals surface area (Å²) in [6.45, 7) is 6.14. The molecule has 2 heterocycles. The van der Waals surface area contributed by atoms with E-state index in [-0.39, 0.29) is 0 Å². The van der Waals surface area contributed by atoms with Crippen LogP contribution in [0.3, 0.4) is 0 Å². The molecule has 0 radical (unpaired) electrons. The fourth-order valence-corrected chi connectivity index (χ4v) is 2.20. The predicted octanol–water partition coefficient (Wildman–Crippen LogP) is 3.38. The molecule has 1 N–H and O–H groups in total. The molecule has 0 unspecified atom stereocenters. The van der Waals surface area contributed by atoms with Crippen molar-refractivity contribution in [3.05, 3.63) is 36.0 Å². The number of aromatic nitrogens is 1. The van der Waals surface area contributed by atoms with E-state index >= 15 is 0 Å². The minimum atomic E-state index is 0.597. The third-order valence-electron chi connectivity index (χ3n) is 3.21. The topological polar surface area (TPSA) is 43.4 Å². The van der Waals surface area contributed by atoms with Gasteiger partial charge in [0.15, 0.2) is 11.5 Å². The van der Waals surface area contributed by atoms with Crippen LogP contribution >= 0.6 is 0 Å². The highest BCUT2D eigenvalue weighted by atomic mass is 16.6. The monoisotopic (exact) mass is 270 g/mol. The van der Waals surface area contributed by atoms with Gasteiger partial charge in [-0.25, -0.2) is 4.98 Å². The first-order valence-corrected chi connectivity index (χ1v) is 6.79. The Morgan fingerprint density at radius 1 is 1.25 bits per heavy atom. The molecule has 0 aliphatic carbocycles. The maximum Gasteiger partial charge on any atom is 0.162 e. The molecule has 1 aliphatic heterocycles. The maximum absolute atomic E-state index is 5.64. The number of anilines is 1. The molecule has 3 rings (SSSR count). The molecule has 0 amide bonds. The number of fused-ring (bicyclic) bond motifs is 2. The SMILES string of the molecule is CC(C)=CCNc1nccc2cc3c(cc12)OCCO3. The standard InChI is InChI=1S/C16H18N2O2/c1-11(2)3-5-17-16-13-10-15-14(19-7-8-20-15)9-12(13)4-6-18-16/h3-4,6,9-10H,5,7-8H2,1-2H3,(H,17,18). The highest BCUT2D eigenvalue weighted by molar-refractivity contribution is 5.94. The highest BCUT2D eigenvalue weighted by Crippen LogP contribution is 2.36. The van der Waals surface area contributed by atoms with Crippen molar-refractivity contribution in [2.75, 3.05) is 25.1 Å². The summed E-state index contributed by atoms with van der Waals surface area (Å²) in [5.74, 6) is 2.48. The predicted molar refractivity (Wildman–Crippen MR) is 80.7 cm³/mol. The molecular formula is C16H18N2O2. The molecule has 4 heteroatoms. The second-order valence-corrected chi connectivity index (χ2v) is 5.04. The van der Waals surface area contributed by atoms with Crippen LogP contribution in [0.1, 0.15) is 13.8 Å². The second-order valence-electron chi connectivity index (χ2n) is 5.04. The van der Waals surface area contributed by atoms with E-state index in [9.17, 15) is 0 Å². The first-order chi connectivity index (χ1) is 9.74. The summed E-state index contributed by atoms with van der Waals surface area (Å²) in [6.07, 6.45) is 3.95. The quantitative estimate of drug-likeness (QED) is 0.868. The Kier molecular flexibility index (Phi) is 3.46. The van der Waals surface area contributed by atoms with E-state index in [0.717, 1.165) is 34.6 Å². The third kappa shape index (κ3) is 2.54. The van der Waals surface area contributed by atoms with E-state index < -0.39 is 0 Å². The van der Waals surface area contributed by atoms with Crippen molar-refractivity contribution in [1.82, 2.24) is 4.98 Å². The van der Waals surface area contributed by atoms with Gasteiger partial charge in [0.25, 0.3) is 0 Å². The van der Waals surface area contributed by atoms with Gasteiger partial charge in [0.05, 0.1) is 0 Å². The maximum atomic E-state index is 5.64. The Bertz CT molecular complexity index is 661. The molecule has 0 saturated heterocycles. The van der Waals surface area contributed by atoms with Gasteiger partial charge in [0.2, 0.25) is 0 Å². The van der Waals surface area contributed by atoms with Crippen molar-refractivity contribution < 1.29 is 9.47 Å². The van der Waals surface area contributed by atoms with Gasteiger partial charge in [-0.3, -0.25) is 0 Å². The van der Waals surface area contributed by atoms with E-state index in [1.165, 1.54) is 5.57 Å². The molecule has 0 bridgehead atoms. The molecule has 0 atom stereocenters. The minimum absolute atomic E-state index is 0.597. The van der Waals surface area contributed by atoms with Gasteiger partial charge in [0, 0.05) is 18.1 Å². The third-order valence-corrected chi connectivity index (χ3v) is 3.21. The van der Waals surface area contributed by atoms with Crippen LogP contribution in [-0.4, -0.2) is 24.7 Å². The van der Waals surface area contributed by atoms with Crippen molar-refractivity contribution in [3.63, 3.8) is 0 Å². The van der Waals surface area contributed by atoms with Gasteiger partial charge in [-0.15, -0.1) is 0 Å². The molecule has 20 heavy (non-hydrogen) atoms. The summed E-state index contributed by atoms with van der Waals surface area (Å²) < 4.78 is 11.2. The number of allylic oxidation sites excluding steroid dienone is 1. The summed E-state index contributed by atoms with van der Waals surface area (Å²) >= 11 is 0. The highest BCUT2D eigenvalue weighted by Gasteiger charge is 2.14. The normalized spacial score (nSPS) is 13.1. The first kappa shape index (κ1) is 12.8. The lowest BCUT2D eigenvalue weighted by atomic mass is 10.1. The lowest BCUT2D eigenvalue weighted by Gasteiger charge is -2.19. The molecule has 0 spiro atoms. The lowest BCUT2D eigenvalue weighted by Crippen LogP contribution is -2.15. The molecule has 2 aromatic rings. The largest absolute Gasteiger partial charge is 0.486 e. The summed E-state index contributed by atoms with van der Waals surface area (Å²) in [5.41, 5.74) is 1.28. The molecular weight excluding hydrogens is 252 g/mol. The Hall–Kier alpha value is -2.23. The summed E-state index contributed by atoms with van der Waals surface area (Å²) in [4.78, 5) is 4.42. The number of hydrogen-bond acceptors (Lipinski definition) is 4. The van der Waals surface area contributed by atoms with Gasteiger partial charge in [0.1, 0.15) is 19.0 Å². The van der Waals surface area contributed by atoms with Crippen molar-refractivity contribution in [2.45, 2.75) is 13.8 Å². The molecule has 4 nitrogen and oxygen atoms in total. The average molecular weight is 270 g/mol. The van der Waals surface area contributed by atoms with Gasteiger partial charge in [-0.2, -0.15) is 0 Å². The summed E-state index contributed by atoms with van der Waals surface area (Å²) in [5, 5.41) is 5.50. The van der Waals surface area contributed by atoms with Gasteiger partial charge in [-0.05, 0) is 37.4 Å². The first-order valence-electron chi connectivity index (χ1n) is 6.79. The Labute approximate surface area is 118 Å². The Morgan fingerprint density at radius 3 is 2.75 bits per heavy atom. The van der Waals surface area contributed by atoms with Crippen LogP contribution in [0.25, 0.3) is 10.8 Å². The van der Waals surface area contributed by atoms with E-state index in [2.05, 4.69) is 30.2 Å². The number of benzene rings is 1. The van der Waals surface area contributed by atoms with Crippen LogP contribution in [0.5, 0.6) is 11.5 Å². The molecule has 1 aromatic heterocycles. The number of pyridine rings is 1. The number of nitrogens with one attached hydrogen (secondary N) is 1. The average Bonchev–Trinajstić information content (AvgIpc) is 2.45. The summed E-state index contributed by atoms with van der Waals surface area (Å²) in [6, 6.07) is 6.00. The smallest absolute Gasteiger partial charge is 0.162 e.